The van der Waals surface area contributed by atoms with Crippen LogP contribution in [0.5, 0.6) is 0 Å². The van der Waals surface area contributed by atoms with E-state index in [-0.39, 0.29) is 17.9 Å². The normalized spacial score (nSPS) is 14.6. The number of benzene rings is 1. The highest BCUT2D eigenvalue weighted by Gasteiger charge is 2.28. The molecule has 2 atom stereocenters. The van der Waals surface area contributed by atoms with Gasteiger partial charge in [0.15, 0.2) is 0 Å². The number of amides is 1. The Bertz CT molecular complexity index is 472. The lowest BCUT2D eigenvalue weighted by Gasteiger charge is -2.25. The standard InChI is InChI=1S/C17H26ClNO2/c1-12(8-13(2)20)11-19-16(21)17(3,4)10-14-6-5-7-15(18)9-14/h5-7,9,12-13,20H,8,10-11H2,1-4H3,(H,19,21)/t12-,13-/m1/s1. The molecule has 3 nitrogen and oxygen atoms in total. The van der Waals surface area contributed by atoms with Gasteiger partial charge in [-0.2, -0.15) is 0 Å². The Labute approximate surface area is 132 Å². The van der Waals surface area contributed by atoms with Gasteiger partial charge in [-0.3, -0.25) is 4.79 Å². The van der Waals surface area contributed by atoms with E-state index in [4.69, 9.17) is 11.6 Å². The number of nitrogens with one attached hydrogen (secondary N) is 1. The molecule has 0 aromatic heterocycles. The maximum atomic E-state index is 12.3. The highest BCUT2D eigenvalue weighted by molar-refractivity contribution is 6.30. The average molecular weight is 312 g/mol. The molecule has 0 saturated heterocycles. The molecule has 0 fully saturated rings. The van der Waals surface area contributed by atoms with Crippen LogP contribution in [0.2, 0.25) is 5.02 Å². The monoisotopic (exact) mass is 311 g/mol. The van der Waals surface area contributed by atoms with Gasteiger partial charge in [-0.05, 0) is 43.4 Å². The first-order valence-electron chi connectivity index (χ1n) is 7.41. The quantitative estimate of drug-likeness (QED) is 0.810. The van der Waals surface area contributed by atoms with Gasteiger partial charge in [0.05, 0.1) is 6.10 Å². The number of aliphatic hydroxyl groups excluding tert-OH is 1. The van der Waals surface area contributed by atoms with Crippen LogP contribution in [-0.2, 0) is 11.2 Å². The number of hydrogen-bond donors (Lipinski definition) is 2. The molecule has 2 N–H and O–H groups in total. The van der Waals surface area contributed by atoms with Crippen molar-refractivity contribution in [3.8, 4) is 0 Å². The third kappa shape index (κ3) is 6.49. The van der Waals surface area contributed by atoms with E-state index in [9.17, 15) is 9.90 Å². The van der Waals surface area contributed by atoms with Gasteiger partial charge in [0, 0.05) is 17.0 Å². The summed E-state index contributed by atoms with van der Waals surface area (Å²) in [7, 11) is 0. The van der Waals surface area contributed by atoms with Gasteiger partial charge >= 0.3 is 0 Å². The van der Waals surface area contributed by atoms with Crippen molar-refractivity contribution in [2.45, 2.75) is 46.6 Å². The molecule has 1 aromatic carbocycles. The van der Waals surface area contributed by atoms with Gasteiger partial charge in [-0.15, -0.1) is 0 Å². The Morgan fingerprint density at radius 2 is 2.05 bits per heavy atom. The Kier molecular flexibility index (Phi) is 6.69. The van der Waals surface area contributed by atoms with Gasteiger partial charge in [0.2, 0.25) is 5.91 Å². The van der Waals surface area contributed by atoms with Gasteiger partial charge in [0.1, 0.15) is 0 Å². The van der Waals surface area contributed by atoms with Crippen molar-refractivity contribution in [3.63, 3.8) is 0 Å². The number of aliphatic hydroxyl groups is 1. The van der Waals surface area contributed by atoms with Crippen molar-refractivity contribution in [1.29, 1.82) is 0 Å². The van der Waals surface area contributed by atoms with E-state index >= 15 is 0 Å². The van der Waals surface area contributed by atoms with Crippen LogP contribution in [0.4, 0.5) is 0 Å². The number of hydrogen-bond acceptors (Lipinski definition) is 2. The van der Waals surface area contributed by atoms with E-state index in [1.165, 1.54) is 0 Å². The first-order chi connectivity index (χ1) is 9.70. The van der Waals surface area contributed by atoms with Crippen molar-refractivity contribution in [2.24, 2.45) is 11.3 Å². The Hall–Kier alpha value is -1.06. The SMILES string of the molecule is C[C@@H](CNC(=O)C(C)(C)Cc1cccc(Cl)c1)C[C@@H](C)O. The maximum absolute atomic E-state index is 12.3. The van der Waals surface area contributed by atoms with Crippen molar-refractivity contribution in [1.82, 2.24) is 5.32 Å². The summed E-state index contributed by atoms with van der Waals surface area (Å²) in [6.45, 7) is 8.24. The molecule has 0 aliphatic carbocycles. The molecule has 0 radical (unpaired) electrons. The minimum atomic E-state index is -0.491. The van der Waals surface area contributed by atoms with Crippen molar-refractivity contribution in [3.05, 3.63) is 34.9 Å². The van der Waals surface area contributed by atoms with E-state index in [0.29, 0.717) is 24.4 Å². The van der Waals surface area contributed by atoms with Crippen molar-refractivity contribution < 1.29 is 9.90 Å². The molecule has 4 heteroatoms. The first kappa shape index (κ1) is 18.0. The number of carbonyl (C=O) groups is 1. The summed E-state index contributed by atoms with van der Waals surface area (Å²) in [6, 6.07) is 7.61. The summed E-state index contributed by atoms with van der Waals surface area (Å²) in [5.41, 5.74) is 0.564. The molecule has 0 aliphatic heterocycles. The van der Waals surface area contributed by atoms with Gasteiger partial charge in [0.25, 0.3) is 0 Å². The average Bonchev–Trinajstić information content (AvgIpc) is 2.34. The smallest absolute Gasteiger partial charge is 0.226 e. The summed E-state index contributed by atoms with van der Waals surface area (Å²) in [5.74, 6) is 0.288. The van der Waals surface area contributed by atoms with Crippen LogP contribution in [0.15, 0.2) is 24.3 Å². The van der Waals surface area contributed by atoms with E-state index in [0.717, 1.165) is 5.56 Å². The lowest BCUT2D eigenvalue weighted by Crippen LogP contribution is -2.40. The van der Waals surface area contributed by atoms with Gasteiger partial charge in [-0.1, -0.05) is 44.5 Å². The summed E-state index contributed by atoms with van der Waals surface area (Å²) >= 11 is 5.98. The Balaban J connectivity index is 2.55. The number of halogens is 1. The van der Waals surface area contributed by atoms with Crippen LogP contribution in [0, 0.1) is 11.3 Å². The molecule has 1 aromatic rings. The largest absolute Gasteiger partial charge is 0.393 e. The Morgan fingerprint density at radius 3 is 2.62 bits per heavy atom. The van der Waals surface area contributed by atoms with Crippen LogP contribution < -0.4 is 5.32 Å². The van der Waals surface area contributed by atoms with Crippen LogP contribution in [0.1, 0.15) is 39.7 Å². The highest BCUT2D eigenvalue weighted by atomic mass is 35.5. The maximum Gasteiger partial charge on any atom is 0.226 e. The molecule has 0 bridgehead atoms. The third-order valence-corrected chi connectivity index (χ3v) is 3.74. The molecule has 1 amide bonds. The number of rotatable bonds is 7. The van der Waals surface area contributed by atoms with Crippen LogP contribution in [0.25, 0.3) is 0 Å². The molecule has 118 valence electrons. The first-order valence-corrected chi connectivity index (χ1v) is 7.79. The molecule has 0 saturated carbocycles. The molecular formula is C17H26ClNO2. The van der Waals surface area contributed by atoms with E-state index in [1.54, 1.807) is 6.92 Å². The molecule has 0 aliphatic rings. The minimum absolute atomic E-state index is 0.0277. The lowest BCUT2D eigenvalue weighted by molar-refractivity contribution is -0.129. The summed E-state index contributed by atoms with van der Waals surface area (Å²) in [5, 5.41) is 13.0. The highest BCUT2D eigenvalue weighted by Crippen LogP contribution is 2.24. The van der Waals surface area contributed by atoms with Crippen LogP contribution in [0.3, 0.4) is 0 Å². The predicted molar refractivity (Wildman–Crippen MR) is 87.4 cm³/mol. The minimum Gasteiger partial charge on any atom is -0.393 e. The molecule has 0 heterocycles. The summed E-state index contributed by atoms with van der Waals surface area (Å²) < 4.78 is 0. The predicted octanol–water partition coefficient (Wildman–Crippen LogP) is 3.43. The van der Waals surface area contributed by atoms with E-state index in [1.807, 2.05) is 45.0 Å². The lowest BCUT2D eigenvalue weighted by atomic mass is 9.84. The molecular weight excluding hydrogens is 286 g/mol. The zero-order chi connectivity index (χ0) is 16.0. The molecule has 0 unspecified atom stereocenters. The Morgan fingerprint density at radius 1 is 1.38 bits per heavy atom. The topological polar surface area (TPSA) is 49.3 Å². The molecule has 0 spiro atoms. The van der Waals surface area contributed by atoms with Gasteiger partial charge in [-0.25, -0.2) is 0 Å². The van der Waals surface area contributed by atoms with Crippen molar-refractivity contribution >= 4 is 17.5 Å². The fourth-order valence-corrected chi connectivity index (χ4v) is 2.62. The zero-order valence-corrected chi connectivity index (χ0v) is 14.1. The second-order valence-electron chi connectivity index (χ2n) is 6.59. The fourth-order valence-electron chi connectivity index (χ4n) is 2.41. The van der Waals surface area contributed by atoms with Crippen LogP contribution >= 0.6 is 11.6 Å². The second-order valence-corrected chi connectivity index (χ2v) is 7.03. The summed E-state index contributed by atoms with van der Waals surface area (Å²) in [4.78, 5) is 12.3. The van der Waals surface area contributed by atoms with Crippen LogP contribution in [-0.4, -0.2) is 23.7 Å². The van der Waals surface area contributed by atoms with E-state index in [2.05, 4.69) is 5.32 Å². The van der Waals surface area contributed by atoms with Crippen molar-refractivity contribution in [2.75, 3.05) is 6.54 Å². The fraction of sp³-hybridized carbons (Fsp3) is 0.588. The second kappa shape index (κ2) is 7.81. The number of carbonyl (C=O) groups excluding carboxylic acids is 1. The van der Waals surface area contributed by atoms with E-state index < -0.39 is 5.41 Å². The molecule has 1 rings (SSSR count). The summed E-state index contributed by atoms with van der Waals surface area (Å²) in [6.07, 6.45) is 0.996. The third-order valence-electron chi connectivity index (χ3n) is 3.50. The zero-order valence-electron chi connectivity index (χ0n) is 13.3. The molecule has 21 heavy (non-hydrogen) atoms. The van der Waals surface area contributed by atoms with Gasteiger partial charge < -0.3 is 10.4 Å².